The van der Waals surface area contributed by atoms with E-state index in [0.717, 1.165) is 44.3 Å². The smallest absolute Gasteiger partial charge is 0.271 e. The quantitative estimate of drug-likeness (QED) is 0.621. The number of fused-ring (bicyclic) bond motifs is 1. The average Bonchev–Trinajstić information content (AvgIpc) is 3.15. The van der Waals surface area contributed by atoms with Gasteiger partial charge in [-0.2, -0.15) is 0 Å². The summed E-state index contributed by atoms with van der Waals surface area (Å²) in [5.74, 6) is -0.345. The Bertz CT molecular complexity index is 588. The van der Waals surface area contributed by atoms with E-state index in [0.29, 0.717) is 19.3 Å². The first-order chi connectivity index (χ1) is 10.7. The molecule has 3 aliphatic rings. The van der Waals surface area contributed by atoms with Crippen LogP contribution in [0.15, 0.2) is 18.2 Å². The fourth-order valence-electron chi connectivity index (χ4n) is 4.02. The molecule has 0 N–H and O–H groups in total. The van der Waals surface area contributed by atoms with Crippen LogP contribution in [0.5, 0.6) is 0 Å². The van der Waals surface area contributed by atoms with E-state index >= 15 is 0 Å². The summed E-state index contributed by atoms with van der Waals surface area (Å²) in [7, 11) is 0. The van der Waals surface area contributed by atoms with E-state index in [2.05, 4.69) is 4.90 Å². The molecule has 1 aromatic carbocycles. The number of anilines is 1. The van der Waals surface area contributed by atoms with Crippen molar-refractivity contribution in [2.75, 3.05) is 24.7 Å². The molecule has 1 aromatic rings. The Hall–Kier alpha value is -1.66. The van der Waals surface area contributed by atoms with Gasteiger partial charge in [0.05, 0.1) is 18.1 Å². The number of nitro benzene ring substituents is 1. The third kappa shape index (κ3) is 2.27. The molecule has 1 saturated carbocycles. The van der Waals surface area contributed by atoms with Gasteiger partial charge in [0.1, 0.15) is 0 Å². The monoisotopic (exact) mass is 304 g/mol. The Morgan fingerprint density at radius 3 is 2.64 bits per heavy atom. The summed E-state index contributed by atoms with van der Waals surface area (Å²) in [4.78, 5) is 13.0. The number of rotatable bonds is 2. The first kappa shape index (κ1) is 14.0. The van der Waals surface area contributed by atoms with E-state index in [4.69, 9.17) is 9.47 Å². The van der Waals surface area contributed by atoms with Crippen molar-refractivity contribution in [1.29, 1.82) is 0 Å². The van der Waals surface area contributed by atoms with Gasteiger partial charge >= 0.3 is 0 Å². The van der Waals surface area contributed by atoms with E-state index in [9.17, 15) is 10.1 Å². The van der Waals surface area contributed by atoms with Gasteiger partial charge in [-0.3, -0.25) is 10.1 Å². The molecule has 1 spiro atoms. The minimum absolute atomic E-state index is 0.181. The minimum Gasteiger partial charge on any atom is -0.368 e. The highest BCUT2D eigenvalue weighted by Gasteiger charge is 2.42. The summed E-state index contributed by atoms with van der Waals surface area (Å²) in [6, 6.07) is 5.68. The fourth-order valence-corrected chi connectivity index (χ4v) is 4.02. The second-order valence-corrected chi connectivity index (χ2v) is 6.35. The minimum atomic E-state index is -0.345. The van der Waals surface area contributed by atoms with Crippen molar-refractivity contribution in [3.63, 3.8) is 0 Å². The van der Waals surface area contributed by atoms with Crippen molar-refractivity contribution in [3.05, 3.63) is 33.9 Å². The SMILES string of the molecule is O=[N+]([O-])c1ccc2c(c1)N(C1CCC3(CC1)OCCO3)CC2. The Balaban J connectivity index is 1.52. The molecule has 22 heavy (non-hydrogen) atoms. The summed E-state index contributed by atoms with van der Waals surface area (Å²) in [5.41, 5.74) is 2.45. The molecule has 6 heteroatoms. The van der Waals surface area contributed by atoms with Gasteiger partial charge in [-0.1, -0.05) is 6.07 Å². The van der Waals surface area contributed by atoms with Crippen molar-refractivity contribution in [2.45, 2.75) is 43.9 Å². The third-order valence-corrected chi connectivity index (χ3v) is 5.18. The highest BCUT2D eigenvalue weighted by atomic mass is 16.7. The van der Waals surface area contributed by atoms with E-state index in [1.165, 1.54) is 5.56 Å². The largest absolute Gasteiger partial charge is 0.368 e. The molecule has 0 amide bonds. The van der Waals surface area contributed by atoms with Crippen LogP contribution in [0, 0.1) is 10.1 Å². The van der Waals surface area contributed by atoms with E-state index in [1.807, 2.05) is 6.07 Å². The third-order valence-electron chi connectivity index (χ3n) is 5.18. The van der Waals surface area contributed by atoms with Gasteiger partial charge in [-0.15, -0.1) is 0 Å². The number of non-ortho nitro benzene ring substituents is 1. The molecule has 6 nitrogen and oxygen atoms in total. The molecule has 2 aliphatic heterocycles. The highest BCUT2D eigenvalue weighted by molar-refractivity contribution is 5.63. The van der Waals surface area contributed by atoms with Crippen LogP contribution in [-0.2, 0) is 15.9 Å². The lowest BCUT2D eigenvalue weighted by atomic mass is 9.89. The molecule has 2 fully saturated rings. The maximum Gasteiger partial charge on any atom is 0.271 e. The Morgan fingerprint density at radius 1 is 1.23 bits per heavy atom. The summed E-state index contributed by atoms with van der Waals surface area (Å²) < 4.78 is 11.6. The molecule has 0 aromatic heterocycles. The zero-order valence-electron chi connectivity index (χ0n) is 12.5. The van der Waals surface area contributed by atoms with Crippen LogP contribution in [0.4, 0.5) is 11.4 Å². The van der Waals surface area contributed by atoms with Crippen LogP contribution in [-0.4, -0.2) is 36.5 Å². The lowest BCUT2D eigenvalue weighted by Gasteiger charge is -2.40. The van der Waals surface area contributed by atoms with Crippen molar-refractivity contribution >= 4 is 11.4 Å². The lowest BCUT2D eigenvalue weighted by Crippen LogP contribution is -2.43. The number of hydrogen-bond donors (Lipinski definition) is 0. The maximum atomic E-state index is 11.0. The first-order valence-electron chi connectivity index (χ1n) is 7.99. The predicted octanol–water partition coefficient (Wildman–Crippen LogP) is 2.64. The number of nitro groups is 1. The summed E-state index contributed by atoms with van der Waals surface area (Å²) in [6.07, 6.45) is 4.84. The van der Waals surface area contributed by atoms with Gasteiger partial charge in [-0.05, 0) is 24.8 Å². The van der Waals surface area contributed by atoms with Gasteiger partial charge in [0.2, 0.25) is 0 Å². The topological polar surface area (TPSA) is 64.8 Å². The van der Waals surface area contributed by atoms with Crippen LogP contribution in [0.3, 0.4) is 0 Å². The second kappa shape index (κ2) is 5.21. The van der Waals surface area contributed by atoms with Crippen LogP contribution in [0.1, 0.15) is 31.2 Å². The van der Waals surface area contributed by atoms with E-state index in [1.54, 1.807) is 12.1 Å². The number of benzene rings is 1. The molecule has 2 heterocycles. The molecule has 1 aliphatic carbocycles. The molecular formula is C16H20N2O4. The van der Waals surface area contributed by atoms with Gasteiger partial charge in [0, 0.05) is 43.2 Å². The number of ether oxygens (including phenoxy) is 2. The molecule has 4 rings (SSSR count). The van der Waals surface area contributed by atoms with Crippen molar-refractivity contribution in [1.82, 2.24) is 0 Å². The average molecular weight is 304 g/mol. The second-order valence-electron chi connectivity index (χ2n) is 6.35. The first-order valence-corrected chi connectivity index (χ1v) is 7.99. The molecule has 0 unspecified atom stereocenters. The van der Waals surface area contributed by atoms with Gasteiger partial charge in [-0.25, -0.2) is 0 Å². The van der Waals surface area contributed by atoms with Gasteiger partial charge < -0.3 is 14.4 Å². The summed E-state index contributed by atoms with van der Waals surface area (Å²) in [6.45, 7) is 2.35. The van der Waals surface area contributed by atoms with Gasteiger partial charge in [0.15, 0.2) is 5.79 Å². The molecule has 118 valence electrons. The maximum absolute atomic E-state index is 11.0. The van der Waals surface area contributed by atoms with Crippen LogP contribution >= 0.6 is 0 Å². The normalized spacial score (nSPS) is 23.9. The van der Waals surface area contributed by atoms with E-state index in [-0.39, 0.29) is 16.4 Å². The summed E-state index contributed by atoms with van der Waals surface area (Å²) >= 11 is 0. The van der Waals surface area contributed by atoms with Crippen molar-refractivity contribution in [3.8, 4) is 0 Å². The lowest BCUT2D eigenvalue weighted by molar-refractivity contribution is -0.384. The molecule has 1 saturated heterocycles. The number of nitrogens with zero attached hydrogens (tertiary/aromatic N) is 2. The standard InChI is InChI=1S/C16H20N2O4/c19-18(20)14-2-1-12-5-8-17(15(12)11-14)13-3-6-16(7-4-13)21-9-10-22-16/h1-2,11,13H,3-10H2. The van der Waals surface area contributed by atoms with Crippen molar-refractivity contribution in [2.24, 2.45) is 0 Å². The molecule has 0 radical (unpaired) electrons. The summed E-state index contributed by atoms with van der Waals surface area (Å²) in [5, 5.41) is 11.0. The number of hydrogen-bond acceptors (Lipinski definition) is 5. The zero-order valence-corrected chi connectivity index (χ0v) is 12.5. The van der Waals surface area contributed by atoms with Crippen molar-refractivity contribution < 1.29 is 14.4 Å². The fraction of sp³-hybridized carbons (Fsp3) is 0.625. The van der Waals surface area contributed by atoms with E-state index < -0.39 is 0 Å². The van der Waals surface area contributed by atoms with Crippen LogP contribution in [0.2, 0.25) is 0 Å². The van der Waals surface area contributed by atoms with Crippen LogP contribution in [0.25, 0.3) is 0 Å². The van der Waals surface area contributed by atoms with Crippen LogP contribution < -0.4 is 4.90 Å². The molecule has 0 atom stereocenters. The molecule has 0 bridgehead atoms. The Labute approximate surface area is 129 Å². The predicted molar refractivity (Wildman–Crippen MR) is 81.0 cm³/mol. The Morgan fingerprint density at radius 2 is 1.95 bits per heavy atom. The highest BCUT2D eigenvalue weighted by Crippen LogP contribution is 2.41. The van der Waals surface area contributed by atoms with Gasteiger partial charge in [0.25, 0.3) is 5.69 Å². The zero-order chi connectivity index (χ0) is 15.2. The molecular weight excluding hydrogens is 284 g/mol. The Kier molecular flexibility index (Phi) is 3.31.